The molecule has 4 aromatic rings. The number of aromatic amines is 1. The molecule has 3 aliphatic rings. The van der Waals surface area contributed by atoms with Crippen molar-refractivity contribution in [3.05, 3.63) is 117 Å². The lowest BCUT2D eigenvalue weighted by atomic mass is 9.88. The first-order chi connectivity index (χ1) is 25.7. The average molecular weight is 716 g/mol. The Labute approximate surface area is 313 Å². The highest BCUT2D eigenvalue weighted by atomic mass is 16.5. The second-order valence-corrected chi connectivity index (χ2v) is 15.1. The summed E-state index contributed by atoms with van der Waals surface area (Å²) in [6.07, 6.45) is 3.78. The molecule has 1 N–H and O–H groups in total. The molecule has 4 heterocycles. The minimum absolute atomic E-state index is 0.00688. The summed E-state index contributed by atoms with van der Waals surface area (Å²) in [5, 5.41) is 0. The molecule has 3 aromatic carbocycles. The molecule has 1 saturated heterocycles. The van der Waals surface area contributed by atoms with Crippen LogP contribution >= 0.6 is 0 Å². The number of H-pyrrole nitrogens is 1. The van der Waals surface area contributed by atoms with E-state index in [0.29, 0.717) is 63.4 Å². The largest absolute Gasteiger partial charge is 0.379 e. The predicted octanol–water partition coefficient (Wildman–Crippen LogP) is 6.20. The molecule has 0 saturated carbocycles. The Morgan fingerprint density at radius 2 is 1.62 bits per heavy atom. The van der Waals surface area contributed by atoms with Crippen molar-refractivity contribution in [2.24, 2.45) is 0 Å². The number of carbonyl (C=O) groups is 3. The zero-order chi connectivity index (χ0) is 37.1. The molecule has 3 amide bonds. The first-order valence-corrected chi connectivity index (χ1v) is 19.3. The van der Waals surface area contributed by atoms with Crippen molar-refractivity contribution in [2.45, 2.75) is 72.0 Å². The number of rotatable bonds is 10. The Kier molecular flexibility index (Phi) is 11.1. The highest BCUT2D eigenvalue weighted by molar-refractivity contribution is 6.04. The number of nitrogens with zero attached hydrogens (tertiary/aromatic N) is 4. The highest BCUT2D eigenvalue weighted by Gasteiger charge is 2.35. The lowest BCUT2D eigenvalue weighted by molar-refractivity contribution is -0.131. The van der Waals surface area contributed by atoms with Crippen LogP contribution in [0.3, 0.4) is 0 Å². The Morgan fingerprint density at radius 3 is 2.38 bits per heavy atom. The third-order valence-electron chi connectivity index (χ3n) is 11.4. The smallest absolute Gasteiger partial charge is 0.255 e. The maximum absolute atomic E-state index is 15.3. The lowest BCUT2D eigenvalue weighted by Crippen LogP contribution is -2.52. The Morgan fingerprint density at radius 1 is 0.887 bits per heavy atom. The standard InChI is InChI=1S/C44H53N5O4/c1-5-6-17-46(4)44(52)41-30(2)42(45-31(41)3)38-25-34-16-18-48(40(50)23-32-12-8-7-9-13-32)27-36(34)26-39(38)43(51)49-28-35-15-11-10-14-33(35)24-37(49)29-47-19-21-53-22-20-47/h7-15,25-26,37,45H,5-6,16-24,27-29H2,1-4H3/t37-/m0/s1. The molecule has 7 rings (SSSR count). The van der Waals surface area contributed by atoms with Crippen molar-refractivity contribution in [1.82, 2.24) is 24.6 Å². The molecule has 0 radical (unpaired) electrons. The van der Waals surface area contributed by atoms with Crippen LogP contribution < -0.4 is 0 Å². The molecule has 9 heteroatoms. The summed E-state index contributed by atoms with van der Waals surface area (Å²) in [5.74, 6) is 0.0543. The van der Waals surface area contributed by atoms with Gasteiger partial charge in [0.15, 0.2) is 0 Å². The maximum Gasteiger partial charge on any atom is 0.255 e. The average Bonchev–Trinajstić information content (AvgIpc) is 3.48. The van der Waals surface area contributed by atoms with Crippen LogP contribution in [-0.2, 0) is 41.9 Å². The second kappa shape index (κ2) is 16.1. The van der Waals surface area contributed by atoms with E-state index in [-0.39, 0.29) is 23.8 Å². The van der Waals surface area contributed by atoms with Gasteiger partial charge in [0.1, 0.15) is 0 Å². The number of aromatic nitrogens is 1. The van der Waals surface area contributed by atoms with Crippen LogP contribution in [0, 0.1) is 13.8 Å². The second-order valence-electron chi connectivity index (χ2n) is 15.1. The summed E-state index contributed by atoms with van der Waals surface area (Å²) < 4.78 is 5.66. The third-order valence-corrected chi connectivity index (χ3v) is 11.4. The van der Waals surface area contributed by atoms with E-state index in [0.717, 1.165) is 78.1 Å². The van der Waals surface area contributed by atoms with Crippen molar-refractivity contribution in [2.75, 3.05) is 53.0 Å². The minimum Gasteiger partial charge on any atom is -0.379 e. The van der Waals surface area contributed by atoms with Crippen LogP contribution in [0.5, 0.6) is 0 Å². The number of fused-ring (bicyclic) bond motifs is 2. The molecular weight excluding hydrogens is 663 g/mol. The van der Waals surface area contributed by atoms with Crippen LogP contribution in [0.4, 0.5) is 0 Å². The van der Waals surface area contributed by atoms with Gasteiger partial charge in [-0.15, -0.1) is 0 Å². The van der Waals surface area contributed by atoms with Gasteiger partial charge < -0.3 is 24.4 Å². The zero-order valence-corrected chi connectivity index (χ0v) is 31.7. The number of aryl methyl sites for hydroxylation is 1. The molecule has 1 atom stereocenters. The zero-order valence-electron chi connectivity index (χ0n) is 31.7. The molecule has 0 spiro atoms. The van der Waals surface area contributed by atoms with E-state index < -0.39 is 0 Å². The fourth-order valence-corrected chi connectivity index (χ4v) is 8.34. The highest BCUT2D eigenvalue weighted by Crippen LogP contribution is 2.37. The molecule has 278 valence electrons. The normalized spacial score (nSPS) is 17.3. The van der Waals surface area contributed by atoms with Crippen molar-refractivity contribution in [3.8, 4) is 11.3 Å². The first-order valence-electron chi connectivity index (χ1n) is 19.3. The van der Waals surface area contributed by atoms with Gasteiger partial charge in [0.05, 0.1) is 30.9 Å². The number of unbranched alkanes of at least 4 members (excludes halogenated alkanes) is 1. The van der Waals surface area contributed by atoms with E-state index >= 15 is 4.79 Å². The SMILES string of the molecule is CCCCN(C)C(=O)c1c(C)[nH]c(-c2cc3c(cc2C(=O)N2Cc4ccccc4C[C@H]2CN2CCOCC2)CN(C(=O)Cc2ccccc2)CC3)c1C. The Bertz CT molecular complexity index is 1960. The Balaban J connectivity index is 1.28. The maximum atomic E-state index is 15.3. The van der Waals surface area contributed by atoms with E-state index in [1.54, 1.807) is 4.90 Å². The fraction of sp³-hybridized carbons (Fsp3) is 0.432. The van der Waals surface area contributed by atoms with Crippen molar-refractivity contribution in [1.29, 1.82) is 0 Å². The van der Waals surface area contributed by atoms with Crippen LogP contribution in [0.15, 0.2) is 66.7 Å². The van der Waals surface area contributed by atoms with Gasteiger partial charge in [-0.05, 0) is 78.6 Å². The van der Waals surface area contributed by atoms with Crippen LogP contribution in [0.2, 0.25) is 0 Å². The van der Waals surface area contributed by atoms with Gasteiger partial charge in [0.2, 0.25) is 5.91 Å². The third kappa shape index (κ3) is 7.82. The molecule has 1 aromatic heterocycles. The van der Waals surface area contributed by atoms with Gasteiger partial charge in [-0.2, -0.15) is 0 Å². The van der Waals surface area contributed by atoms with Crippen LogP contribution in [0.1, 0.15) is 79.6 Å². The number of benzene rings is 3. The quantitative estimate of drug-likeness (QED) is 0.212. The van der Waals surface area contributed by atoms with E-state index in [9.17, 15) is 9.59 Å². The van der Waals surface area contributed by atoms with Gasteiger partial charge in [0, 0.05) is 75.7 Å². The number of ether oxygens (including phenoxy) is 1. The minimum atomic E-state index is -0.0251. The summed E-state index contributed by atoms with van der Waals surface area (Å²) in [6.45, 7) is 12.2. The van der Waals surface area contributed by atoms with Crippen molar-refractivity contribution < 1.29 is 19.1 Å². The van der Waals surface area contributed by atoms with Crippen LogP contribution in [0.25, 0.3) is 11.3 Å². The lowest BCUT2D eigenvalue weighted by Gasteiger charge is -2.41. The molecule has 0 bridgehead atoms. The number of nitrogens with one attached hydrogen (secondary N) is 1. The number of carbonyl (C=O) groups excluding carboxylic acids is 3. The van der Waals surface area contributed by atoms with E-state index in [1.807, 2.05) is 62.2 Å². The van der Waals surface area contributed by atoms with Crippen molar-refractivity contribution in [3.63, 3.8) is 0 Å². The Hall–Kier alpha value is -4.73. The molecular formula is C44H53N5O4. The van der Waals surface area contributed by atoms with Crippen LogP contribution in [-0.4, -0.2) is 101 Å². The van der Waals surface area contributed by atoms with Gasteiger partial charge in [-0.1, -0.05) is 67.9 Å². The number of hydrogen-bond acceptors (Lipinski definition) is 5. The van der Waals surface area contributed by atoms with Gasteiger partial charge in [-0.25, -0.2) is 0 Å². The summed E-state index contributed by atoms with van der Waals surface area (Å²) in [4.78, 5) is 54.4. The van der Waals surface area contributed by atoms with Crippen molar-refractivity contribution >= 4 is 17.7 Å². The number of amides is 3. The fourth-order valence-electron chi connectivity index (χ4n) is 8.34. The van der Waals surface area contributed by atoms with Gasteiger partial charge >= 0.3 is 0 Å². The molecule has 9 nitrogen and oxygen atoms in total. The summed E-state index contributed by atoms with van der Waals surface area (Å²) in [6, 6.07) is 22.5. The monoisotopic (exact) mass is 715 g/mol. The molecule has 3 aliphatic heterocycles. The summed E-state index contributed by atoms with van der Waals surface area (Å²) in [5.41, 5.74) is 10.2. The van der Waals surface area contributed by atoms with E-state index in [4.69, 9.17) is 4.74 Å². The topological polar surface area (TPSA) is 89.2 Å². The predicted molar refractivity (Wildman–Crippen MR) is 208 cm³/mol. The number of hydrogen-bond donors (Lipinski definition) is 1. The number of morpholine rings is 1. The van der Waals surface area contributed by atoms with Gasteiger partial charge in [0.25, 0.3) is 11.8 Å². The summed E-state index contributed by atoms with van der Waals surface area (Å²) in [7, 11) is 1.87. The summed E-state index contributed by atoms with van der Waals surface area (Å²) >= 11 is 0. The molecule has 53 heavy (non-hydrogen) atoms. The molecule has 0 unspecified atom stereocenters. The molecule has 1 fully saturated rings. The van der Waals surface area contributed by atoms with Gasteiger partial charge in [-0.3, -0.25) is 19.3 Å². The van der Waals surface area contributed by atoms with E-state index in [1.165, 1.54) is 11.1 Å². The first kappa shape index (κ1) is 36.6. The molecule has 0 aliphatic carbocycles. The van der Waals surface area contributed by atoms with E-state index in [2.05, 4.69) is 52.0 Å².